The lowest BCUT2D eigenvalue weighted by Gasteiger charge is -2.17. The maximum atomic E-state index is 12.2. The summed E-state index contributed by atoms with van der Waals surface area (Å²) >= 11 is 0. The maximum absolute atomic E-state index is 12.2. The predicted molar refractivity (Wildman–Crippen MR) is 81.9 cm³/mol. The highest BCUT2D eigenvalue weighted by molar-refractivity contribution is 5.84. The number of carbonyl (C=O) groups is 1. The molecule has 108 valence electrons. The fraction of sp³-hybridized carbons (Fsp3) is 0.471. The minimum Gasteiger partial charge on any atom is -0.464 e. The van der Waals surface area contributed by atoms with Crippen molar-refractivity contribution >= 4 is 16.9 Å². The molecule has 0 amide bonds. The molecule has 0 saturated heterocycles. The number of ether oxygens (including phenoxy) is 1. The minimum atomic E-state index is -0.230. The average molecular weight is 273 g/mol. The molecule has 0 bridgehead atoms. The number of fused-ring (bicyclic) bond motifs is 1. The molecule has 2 aromatic rings. The lowest BCUT2D eigenvalue weighted by molar-refractivity contribution is -0.147. The van der Waals surface area contributed by atoms with Crippen molar-refractivity contribution < 1.29 is 9.53 Å². The Morgan fingerprint density at radius 2 is 2.05 bits per heavy atom. The number of hydrogen-bond acceptors (Lipinski definition) is 2. The third-order valence-corrected chi connectivity index (χ3v) is 3.64. The summed E-state index contributed by atoms with van der Waals surface area (Å²) in [7, 11) is 0. The lowest BCUT2D eigenvalue weighted by atomic mass is 10.1. The molecule has 1 unspecified atom stereocenters. The Balaban J connectivity index is 2.32. The van der Waals surface area contributed by atoms with Gasteiger partial charge in [0.2, 0.25) is 0 Å². The first-order chi connectivity index (χ1) is 9.71. The Morgan fingerprint density at radius 1 is 1.25 bits per heavy atom. The molecule has 1 atom stereocenters. The van der Waals surface area contributed by atoms with Crippen molar-refractivity contribution in [3.05, 3.63) is 36.0 Å². The SMILES string of the molecule is CCCOC(=O)C(CC)n1ccc2cc(CC)ccc21. The number of carbonyl (C=O) groups excluding carboxylic acids is 1. The zero-order valence-electron chi connectivity index (χ0n) is 12.6. The Morgan fingerprint density at radius 3 is 2.70 bits per heavy atom. The molecule has 3 nitrogen and oxygen atoms in total. The van der Waals surface area contributed by atoms with Gasteiger partial charge in [-0.1, -0.05) is 26.8 Å². The smallest absolute Gasteiger partial charge is 0.329 e. The molecule has 2 rings (SSSR count). The van der Waals surface area contributed by atoms with Crippen molar-refractivity contribution in [2.24, 2.45) is 0 Å². The van der Waals surface area contributed by atoms with Crippen LogP contribution in [0.15, 0.2) is 30.5 Å². The summed E-state index contributed by atoms with van der Waals surface area (Å²) in [5.41, 5.74) is 2.42. The van der Waals surface area contributed by atoms with Crippen LogP contribution in [-0.4, -0.2) is 17.1 Å². The Hall–Kier alpha value is -1.77. The number of nitrogens with zero attached hydrogens (tertiary/aromatic N) is 1. The van der Waals surface area contributed by atoms with Crippen LogP contribution < -0.4 is 0 Å². The molecule has 0 radical (unpaired) electrons. The third-order valence-electron chi connectivity index (χ3n) is 3.64. The van der Waals surface area contributed by atoms with Crippen molar-refractivity contribution in [1.82, 2.24) is 4.57 Å². The van der Waals surface area contributed by atoms with Gasteiger partial charge in [-0.25, -0.2) is 4.79 Å². The van der Waals surface area contributed by atoms with Crippen LogP contribution in [0.4, 0.5) is 0 Å². The van der Waals surface area contributed by atoms with E-state index in [0.29, 0.717) is 6.61 Å². The highest BCUT2D eigenvalue weighted by atomic mass is 16.5. The maximum Gasteiger partial charge on any atom is 0.329 e. The van der Waals surface area contributed by atoms with E-state index < -0.39 is 0 Å². The van der Waals surface area contributed by atoms with Gasteiger partial charge in [-0.3, -0.25) is 0 Å². The van der Waals surface area contributed by atoms with Crippen molar-refractivity contribution in [2.45, 2.75) is 46.1 Å². The van der Waals surface area contributed by atoms with E-state index in [-0.39, 0.29) is 12.0 Å². The van der Waals surface area contributed by atoms with Gasteiger partial charge in [0.15, 0.2) is 0 Å². The summed E-state index contributed by atoms with van der Waals surface area (Å²) in [5.74, 6) is -0.133. The molecule has 0 N–H and O–H groups in total. The van der Waals surface area contributed by atoms with Gasteiger partial charge in [-0.2, -0.15) is 0 Å². The van der Waals surface area contributed by atoms with Crippen LogP contribution in [-0.2, 0) is 16.0 Å². The zero-order valence-corrected chi connectivity index (χ0v) is 12.6. The van der Waals surface area contributed by atoms with Gasteiger partial charge in [-0.15, -0.1) is 0 Å². The second-order valence-electron chi connectivity index (χ2n) is 5.06. The second kappa shape index (κ2) is 6.60. The number of hydrogen-bond donors (Lipinski definition) is 0. The van der Waals surface area contributed by atoms with Gasteiger partial charge in [0.1, 0.15) is 6.04 Å². The fourth-order valence-corrected chi connectivity index (χ4v) is 2.48. The van der Waals surface area contributed by atoms with E-state index in [1.807, 2.05) is 24.6 Å². The molecule has 1 aromatic carbocycles. The van der Waals surface area contributed by atoms with E-state index in [1.54, 1.807) is 0 Å². The first kappa shape index (κ1) is 14.6. The number of esters is 1. The minimum absolute atomic E-state index is 0.133. The van der Waals surface area contributed by atoms with Gasteiger partial charge in [0.25, 0.3) is 0 Å². The average Bonchev–Trinajstić information content (AvgIpc) is 2.89. The first-order valence-corrected chi connectivity index (χ1v) is 7.47. The van der Waals surface area contributed by atoms with Gasteiger partial charge in [-0.05, 0) is 48.4 Å². The molecule has 0 aliphatic carbocycles. The topological polar surface area (TPSA) is 31.2 Å². The molecule has 0 fully saturated rings. The Labute approximate surface area is 120 Å². The summed E-state index contributed by atoms with van der Waals surface area (Å²) in [6, 6.07) is 8.26. The monoisotopic (exact) mass is 273 g/mol. The highest BCUT2D eigenvalue weighted by Gasteiger charge is 2.21. The van der Waals surface area contributed by atoms with Crippen LogP contribution in [0.1, 0.15) is 45.2 Å². The zero-order chi connectivity index (χ0) is 14.5. The lowest BCUT2D eigenvalue weighted by Crippen LogP contribution is -2.21. The van der Waals surface area contributed by atoms with Crippen LogP contribution in [0.2, 0.25) is 0 Å². The first-order valence-electron chi connectivity index (χ1n) is 7.47. The van der Waals surface area contributed by atoms with Crippen molar-refractivity contribution in [2.75, 3.05) is 6.61 Å². The predicted octanol–water partition coefficient (Wildman–Crippen LogP) is 4.11. The van der Waals surface area contributed by atoms with Crippen LogP contribution in [0.25, 0.3) is 10.9 Å². The van der Waals surface area contributed by atoms with E-state index in [1.165, 1.54) is 10.9 Å². The van der Waals surface area contributed by atoms with Crippen molar-refractivity contribution in [3.63, 3.8) is 0 Å². The summed E-state index contributed by atoms with van der Waals surface area (Å²) in [6.45, 7) is 6.67. The largest absolute Gasteiger partial charge is 0.464 e. The molecular weight excluding hydrogens is 250 g/mol. The molecular formula is C17H23NO2. The molecule has 0 saturated carbocycles. The van der Waals surface area contributed by atoms with Crippen LogP contribution >= 0.6 is 0 Å². The summed E-state index contributed by atoms with van der Waals surface area (Å²) in [4.78, 5) is 12.2. The van der Waals surface area contributed by atoms with E-state index in [9.17, 15) is 4.79 Å². The van der Waals surface area contributed by atoms with E-state index >= 15 is 0 Å². The fourth-order valence-electron chi connectivity index (χ4n) is 2.48. The van der Waals surface area contributed by atoms with Crippen LogP contribution in [0.3, 0.4) is 0 Å². The van der Waals surface area contributed by atoms with E-state index in [2.05, 4.69) is 31.2 Å². The highest BCUT2D eigenvalue weighted by Crippen LogP contribution is 2.24. The molecule has 20 heavy (non-hydrogen) atoms. The van der Waals surface area contributed by atoms with Gasteiger partial charge < -0.3 is 9.30 Å². The number of rotatable bonds is 6. The van der Waals surface area contributed by atoms with Crippen molar-refractivity contribution in [3.8, 4) is 0 Å². The third kappa shape index (κ3) is 2.87. The number of aromatic nitrogens is 1. The van der Waals surface area contributed by atoms with Crippen molar-refractivity contribution in [1.29, 1.82) is 0 Å². The van der Waals surface area contributed by atoms with Gasteiger partial charge in [0.05, 0.1) is 6.61 Å². The molecule has 0 spiro atoms. The summed E-state index contributed by atoms with van der Waals surface area (Å²) in [6.07, 6.45) is 4.61. The second-order valence-corrected chi connectivity index (χ2v) is 5.06. The van der Waals surface area contributed by atoms with Gasteiger partial charge >= 0.3 is 5.97 Å². The summed E-state index contributed by atoms with van der Waals surface area (Å²) in [5, 5.41) is 1.19. The van der Waals surface area contributed by atoms with E-state index in [0.717, 1.165) is 24.8 Å². The Kier molecular flexibility index (Phi) is 4.83. The standard InChI is InChI=1S/C17H23NO2/c1-4-11-20-17(19)15(6-3)18-10-9-14-12-13(5-2)7-8-16(14)18/h7-10,12,15H,4-6,11H2,1-3H3. The number of benzene rings is 1. The van der Waals surface area contributed by atoms with Gasteiger partial charge in [0, 0.05) is 11.7 Å². The molecule has 0 aliphatic rings. The number of aryl methyl sites for hydroxylation is 1. The molecule has 3 heteroatoms. The molecule has 1 aromatic heterocycles. The Bertz CT molecular complexity index is 586. The van der Waals surface area contributed by atoms with Crippen LogP contribution in [0.5, 0.6) is 0 Å². The molecule has 0 aliphatic heterocycles. The summed E-state index contributed by atoms with van der Waals surface area (Å²) < 4.78 is 7.34. The quantitative estimate of drug-likeness (QED) is 0.742. The normalized spacial score (nSPS) is 12.6. The van der Waals surface area contributed by atoms with Crippen LogP contribution in [0, 0.1) is 0 Å². The molecule has 1 heterocycles. The van der Waals surface area contributed by atoms with E-state index in [4.69, 9.17) is 4.74 Å².